The van der Waals surface area contributed by atoms with Crippen LogP contribution in [0.5, 0.6) is 11.8 Å². The summed E-state index contributed by atoms with van der Waals surface area (Å²) in [5, 5.41) is 5.74. The minimum absolute atomic E-state index is 0.0645. The minimum atomic E-state index is -5.94. The maximum Gasteiger partial charge on any atom is 0.534 e. The minimum Gasteiger partial charge on any atom is -0.355 e. The molecule has 0 spiro atoms. The largest absolute Gasteiger partial charge is 0.534 e. The summed E-state index contributed by atoms with van der Waals surface area (Å²) >= 11 is 0. The topological polar surface area (TPSA) is 137 Å². The van der Waals surface area contributed by atoms with Crippen LogP contribution in [-0.4, -0.2) is 58.5 Å². The Morgan fingerprint density at radius 1 is 0.765 bits per heavy atom. The maximum absolute atomic E-state index is 12.5. The van der Waals surface area contributed by atoms with Gasteiger partial charge in [-0.25, -0.2) is 9.97 Å². The van der Waals surface area contributed by atoms with Crippen molar-refractivity contribution in [2.24, 2.45) is 0 Å². The van der Waals surface area contributed by atoms with Crippen LogP contribution < -0.4 is 19.0 Å². The summed E-state index contributed by atoms with van der Waals surface area (Å²) in [6.45, 7) is 0.0645. The highest BCUT2D eigenvalue weighted by molar-refractivity contribution is 7.88. The first kappa shape index (κ1) is 27.5. The summed E-state index contributed by atoms with van der Waals surface area (Å²) in [7, 11) is -8.88. The lowest BCUT2D eigenvalue weighted by Gasteiger charge is -2.34. The van der Waals surface area contributed by atoms with E-state index in [9.17, 15) is 43.2 Å². The highest BCUT2D eigenvalue weighted by atomic mass is 32.2. The molecule has 0 radical (unpaired) electrons. The van der Waals surface area contributed by atoms with Gasteiger partial charge >= 0.3 is 31.3 Å². The molecule has 0 aliphatic carbocycles. The lowest BCUT2D eigenvalue weighted by Crippen LogP contribution is -2.48. The molecule has 2 N–H and O–H groups in total. The Kier molecular flexibility index (Phi) is 7.70. The molecule has 0 saturated heterocycles. The SMILES string of the molecule is CNCC(NC)(c1ccc(OS(=O)(=O)C(F)(F)F)nc1)c1ccc(OS(=O)(=O)C(F)(F)F)nc1. The van der Waals surface area contributed by atoms with Crippen molar-refractivity contribution in [2.75, 3.05) is 20.6 Å². The van der Waals surface area contributed by atoms with Gasteiger partial charge in [0.2, 0.25) is 11.8 Å². The smallest absolute Gasteiger partial charge is 0.355 e. The number of nitrogens with zero attached hydrogens (tertiary/aromatic N) is 2. The number of likely N-dealkylation sites (N-methyl/N-ethyl adjacent to an activating group) is 2. The van der Waals surface area contributed by atoms with Crippen LogP contribution in [0.15, 0.2) is 36.7 Å². The summed E-state index contributed by atoms with van der Waals surface area (Å²) in [6, 6.07) is 4.11. The molecule has 0 bridgehead atoms. The van der Waals surface area contributed by atoms with Crippen molar-refractivity contribution >= 4 is 20.2 Å². The zero-order valence-electron chi connectivity index (χ0n) is 17.1. The van der Waals surface area contributed by atoms with Crippen molar-refractivity contribution in [3.05, 3.63) is 47.8 Å². The summed E-state index contributed by atoms with van der Waals surface area (Å²) in [4.78, 5) is 7.15. The van der Waals surface area contributed by atoms with Gasteiger partial charge in [-0.3, -0.25) is 0 Å². The van der Waals surface area contributed by atoms with E-state index in [1.807, 2.05) is 0 Å². The first-order valence-corrected chi connectivity index (χ1v) is 11.6. The lowest BCUT2D eigenvalue weighted by atomic mass is 9.84. The van der Waals surface area contributed by atoms with Crippen molar-refractivity contribution in [1.29, 1.82) is 0 Å². The van der Waals surface area contributed by atoms with Gasteiger partial charge < -0.3 is 19.0 Å². The van der Waals surface area contributed by atoms with Crippen LogP contribution in [0.3, 0.4) is 0 Å². The number of nitrogens with one attached hydrogen (secondary N) is 2. The molecule has 0 amide bonds. The molecule has 34 heavy (non-hydrogen) atoms. The van der Waals surface area contributed by atoms with Gasteiger partial charge in [0.1, 0.15) is 0 Å². The van der Waals surface area contributed by atoms with E-state index in [0.29, 0.717) is 0 Å². The van der Waals surface area contributed by atoms with E-state index >= 15 is 0 Å². The fourth-order valence-corrected chi connectivity index (χ4v) is 3.53. The summed E-state index contributed by atoms with van der Waals surface area (Å²) in [6.07, 6.45) is 2.02. The Hall–Kier alpha value is -2.70. The molecule has 2 aromatic heterocycles. The molecule has 18 heteroatoms. The normalized spacial score (nSPS) is 13.5. The number of aromatic nitrogens is 2. The van der Waals surface area contributed by atoms with Crippen LogP contribution in [0.1, 0.15) is 11.1 Å². The number of hydrogen-bond donors (Lipinski definition) is 2. The molecule has 2 rings (SSSR count). The second-order valence-electron chi connectivity index (χ2n) is 6.42. The molecule has 10 nitrogen and oxygen atoms in total. The molecular weight excluding hydrogens is 522 g/mol. The first-order chi connectivity index (χ1) is 15.5. The predicted octanol–water partition coefficient (Wildman–Crippen LogP) is 1.62. The third-order valence-electron chi connectivity index (χ3n) is 4.28. The quantitative estimate of drug-likeness (QED) is 0.275. The van der Waals surface area contributed by atoms with E-state index in [2.05, 4.69) is 29.0 Å². The summed E-state index contributed by atoms with van der Waals surface area (Å²) < 4.78 is 127. The molecule has 0 aliphatic rings. The molecule has 0 unspecified atom stereocenters. The second kappa shape index (κ2) is 9.51. The first-order valence-electron chi connectivity index (χ1n) is 8.77. The third kappa shape index (κ3) is 5.68. The van der Waals surface area contributed by atoms with Crippen LogP contribution in [0, 0.1) is 0 Å². The standard InChI is InChI=1S/C16H16F6N4O6S2/c1-23-9-14(24-2,10-3-5-12(25-7-10)31-33(27,28)15(17,18)19)11-4-6-13(26-8-11)32-34(29,30)16(20,21)22/h3-8,23-24H,9H2,1-2H3. The van der Waals surface area contributed by atoms with Gasteiger partial charge in [0.05, 0.1) is 5.54 Å². The average molecular weight is 538 g/mol. The van der Waals surface area contributed by atoms with Gasteiger partial charge in [-0.2, -0.15) is 43.2 Å². The number of rotatable bonds is 9. The van der Waals surface area contributed by atoms with E-state index < -0.39 is 48.6 Å². The fourth-order valence-electron chi connectivity index (χ4n) is 2.70. The molecule has 2 heterocycles. The second-order valence-corrected chi connectivity index (χ2v) is 9.50. The molecule has 0 aromatic carbocycles. The highest BCUT2D eigenvalue weighted by Gasteiger charge is 2.49. The van der Waals surface area contributed by atoms with Crippen LogP contribution in [-0.2, 0) is 25.8 Å². The van der Waals surface area contributed by atoms with Crippen molar-refractivity contribution in [2.45, 2.75) is 16.6 Å². The Labute approximate surface area is 189 Å². The predicted molar refractivity (Wildman–Crippen MR) is 103 cm³/mol. The van der Waals surface area contributed by atoms with Gasteiger partial charge in [-0.1, -0.05) is 0 Å². The van der Waals surface area contributed by atoms with Crippen LogP contribution in [0.25, 0.3) is 0 Å². The summed E-state index contributed by atoms with van der Waals surface area (Å²) in [5.74, 6) is -1.73. The molecular formula is C16H16F6N4O6S2. The molecule has 0 aliphatic heterocycles. The van der Waals surface area contributed by atoms with E-state index in [1.54, 1.807) is 0 Å². The third-order valence-corrected chi connectivity index (χ3v) is 6.20. The van der Waals surface area contributed by atoms with Crippen molar-refractivity contribution < 1.29 is 51.5 Å². The lowest BCUT2D eigenvalue weighted by molar-refractivity contribution is -0.0506. The molecule has 190 valence electrons. The summed E-state index contributed by atoms with van der Waals surface area (Å²) in [5.41, 5.74) is -12.1. The van der Waals surface area contributed by atoms with E-state index in [4.69, 9.17) is 0 Å². The highest BCUT2D eigenvalue weighted by Crippen LogP contribution is 2.32. The fraction of sp³-hybridized carbons (Fsp3) is 0.375. The Morgan fingerprint density at radius 3 is 1.38 bits per heavy atom. The van der Waals surface area contributed by atoms with E-state index in [1.165, 1.54) is 26.2 Å². The van der Waals surface area contributed by atoms with Crippen molar-refractivity contribution in [3.63, 3.8) is 0 Å². The molecule has 0 fully saturated rings. The maximum atomic E-state index is 12.5. The van der Waals surface area contributed by atoms with Gasteiger partial charge in [-0.15, -0.1) is 0 Å². The van der Waals surface area contributed by atoms with Crippen molar-refractivity contribution in [1.82, 2.24) is 20.6 Å². The zero-order chi connectivity index (χ0) is 26.0. The Morgan fingerprint density at radius 2 is 1.15 bits per heavy atom. The number of pyridine rings is 2. The van der Waals surface area contributed by atoms with Gasteiger partial charge in [-0.05, 0) is 37.4 Å². The van der Waals surface area contributed by atoms with Gasteiger partial charge in [0.15, 0.2) is 0 Å². The molecule has 0 saturated carbocycles. The Bertz CT molecular complexity index is 1110. The Balaban J connectivity index is 2.41. The van der Waals surface area contributed by atoms with Crippen LogP contribution in [0.2, 0.25) is 0 Å². The van der Waals surface area contributed by atoms with Crippen molar-refractivity contribution in [3.8, 4) is 11.8 Å². The molecule has 2 aromatic rings. The van der Waals surface area contributed by atoms with Gasteiger partial charge in [0, 0.05) is 31.1 Å². The number of hydrogen-bond acceptors (Lipinski definition) is 10. The van der Waals surface area contributed by atoms with E-state index in [-0.39, 0.29) is 17.7 Å². The monoisotopic (exact) mass is 538 g/mol. The number of alkyl halides is 6. The van der Waals surface area contributed by atoms with Gasteiger partial charge in [0.25, 0.3) is 0 Å². The zero-order valence-corrected chi connectivity index (χ0v) is 18.7. The number of halogens is 6. The van der Waals surface area contributed by atoms with Crippen LogP contribution in [0.4, 0.5) is 26.3 Å². The van der Waals surface area contributed by atoms with E-state index in [0.717, 1.165) is 24.5 Å². The molecule has 0 atom stereocenters. The van der Waals surface area contributed by atoms with Crippen LogP contribution >= 0.6 is 0 Å². The average Bonchev–Trinajstić information content (AvgIpc) is 2.71.